The van der Waals surface area contributed by atoms with Crippen LogP contribution in [0.15, 0.2) is 60.8 Å². The summed E-state index contributed by atoms with van der Waals surface area (Å²) in [5.74, 6) is -2.08. The van der Waals surface area contributed by atoms with Gasteiger partial charge in [0.1, 0.15) is 37.1 Å². The highest BCUT2D eigenvalue weighted by Gasteiger charge is 2.40. The first-order valence-electron chi connectivity index (χ1n) is 11.0. The number of pyridine rings is 1. The fourth-order valence-electron chi connectivity index (χ4n) is 3.63. The van der Waals surface area contributed by atoms with Gasteiger partial charge >= 0.3 is 0 Å². The average molecular weight is 679 g/mol. The van der Waals surface area contributed by atoms with Crippen LogP contribution in [0.2, 0.25) is 0 Å². The predicted octanol–water partition coefficient (Wildman–Crippen LogP) is 3.90. The number of aromatic nitrogens is 1. The van der Waals surface area contributed by atoms with Crippen LogP contribution in [0.3, 0.4) is 0 Å². The lowest BCUT2D eigenvalue weighted by Gasteiger charge is -2.31. The molecule has 9 nitrogen and oxygen atoms in total. The highest BCUT2D eigenvalue weighted by atomic mass is 127. The molecule has 1 aromatic heterocycles. The van der Waals surface area contributed by atoms with Gasteiger partial charge in [0, 0.05) is 24.8 Å². The summed E-state index contributed by atoms with van der Waals surface area (Å²) in [5.41, 5.74) is -1.02. The Morgan fingerprint density at radius 1 is 1.18 bits per heavy atom. The Kier molecular flexibility index (Phi) is 10.0. The summed E-state index contributed by atoms with van der Waals surface area (Å²) in [6, 6.07) is 12.7. The number of amides is 1. The monoisotopic (exact) mass is 678 g/mol. The van der Waals surface area contributed by atoms with E-state index in [0.717, 1.165) is 22.6 Å². The molecule has 2 N–H and O–H groups in total. The SMILES string of the molecule is COc1ccc(CN(C)S(=O)(=O)C[C@](C)(N[S+]([O-])I)c2cc(NC(=O)c3ccc(F)cn3)ccc2F)cc1. The number of anilines is 1. The van der Waals surface area contributed by atoms with E-state index in [9.17, 15) is 22.2 Å². The van der Waals surface area contributed by atoms with Crippen molar-refractivity contribution in [1.82, 2.24) is 14.0 Å². The molecule has 0 spiro atoms. The van der Waals surface area contributed by atoms with Gasteiger partial charge in [-0.3, -0.25) is 4.79 Å². The number of benzene rings is 2. The zero-order valence-electron chi connectivity index (χ0n) is 20.6. The van der Waals surface area contributed by atoms with Gasteiger partial charge in [-0.05, 0) is 55.0 Å². The smallest absolute Gasteiger partial charge is 0.274 e. The highest BCUT2D eigenvalue weighted by molar-refractivity contribution is 14.2. The van der Waals surface area contributed by atoms with Crippen LogP contribution in [-0.4, -0.2) is 48.1 Å². The molecule has 1 amide bonds. The Balaban J connectivity index is 1.88. The summed E-state index contributed by atoms with van der Waals surface area (Å²) >= 11 is 1.55. The minimum absolute atomic E-state index is 0.0407. The standard InChI is InChI=1S/C24H25F2IN4O5S2/c1-24(30-37(27)33,15-38(34,35)31(2)14-16-4-8-19(36-3)9-5-16)20-12-18(7-10-21(20)26)29-23(32)22-11-6-17(25)13-28-22/h4-13,30H,14-15H2,1-3H3,(H,29,32)/t24-,37?/m0/s1. The van der Waals surface area contributed by atoms with Crippen molar-refractivity contribution in [2.24, 2.45) is 0 Å². The lowest BCUT2D eigenvalue weighted by atomic mass is 9.94. The summed E-state index contributed by atoms with van der Waals surface area (Å²) in [5, 5.41) is 2.53. The van der Waals surface area contributed by atoms with Crippen LogP contribution in [0.5, 0.6) is 5.75 Å². The maximum Gasteiger partial charge on any atom is 0.274 e. The summed E-state index contributed by atoms with van der Waals surface area (Å²) in [4.78, 5) is 16.2. The van der Waals surface area contributed by atoms with E-state index < -0.39 is 47.4 Å². The molecule has 1 heterocycles. The van der Waals surface area contributed by atoms with Crippen molar-refractivity contribution in [3.05, 3.63) is 89.2 Å². The van der Waals surface area contributed by atoms with Gasteiger partial charge in [0.2, 0.25) is 10.0 Å². The van der Waals surface area contributed by atoms with Gasteiger partial charge < -0.3 is 14.6 Å². The van der Waals surface area contributed by atoms with Crippen molar-refractivity contribution in [3.8, 4) is 5.75 Å². The normalized spacial score (nSPS) is 14.1. The number of hydrogen-bond acceptors (Lipinski definition) is 7. The van der Waals surface area contributed by atoms with E-state index in [4.69, 9.17) is 4.74 Å². The first kappa shape index (κ1) is 30.2. The average Bonchev–Trinajstić information content (AvgIpc) is 2.85. The van der Waals surface area contributed by atoms with Crippen LogP contribution < -0.4 is 14.8 Å². The number of halogens is 3. The van der Waals surface area contributed by atoms with Crippen LogP contribution in [0.25, 0.3) is 0 Å². The summed E-state index contributed by atoms with van der Waals surface area (Å²) in [6.07, 6.45) is 0.884. The molecular weight excluding hydrogens is 653 g/mol. The fraction of sp³-hybridized carbons (Fsp3) is 0.250. The fourth-order valence-corrected chi connectivity index (χ4v) is 7.24. The molecule has 0 aliphatic carbocycles. The summed E-state index contributed by atoms with van der Waals surface area (Å²) < 4.78 is 76.0. The van der Waals surface area contributed by atoms with Crippen LogP contribution in [0, 0.1) is 11.6 Å². The van der Waals surface area contributed by atoms with Gasteiger partial charge in [0.15, 0.2) is 0 Å². The molecule has 2 aromatic carbocycles. The highest BCUT2D eigenvalue weighted by Crippen LogP contribution is 2.31. The molecule has 3 aromatic rings. The quantitative estimate of drug-likeness (QED) is 0.233. The van der Waals surface area contributed by atoms with Gasteiger partial charge in [-0.2, -0.15) is 0 Å². The third-order valence-corrected chi connectivity index (χ3v) is 8.89. The Bertz CT molecular complexity index is 1380. The number of rotatable bonds is 11. The Morgan fingerprint density at radius 3 is 2.45 bits per heavy atom. The first-order chi connectivity index (χ1) is 17.8. The molecule has 3 rings (SSSR count). The number of ether oxygens (including phenoxy) is 1. The number of nitrogens with zero attached hydrogens (tertiary/aromatic N) is 2. The molecule has 0 aliphatic heterocycles. The molecule has 14 heteroatoms. The molecule has 0 saturated heterocycles. The maximum absolute atomic E-state index is 15.1. The molecule has 204 valence electrons. The molecule has 2 atom stereocenters. The lowest BCUT2D eigenvalue weighted by Crippen LogP contribution is -2.49. The summed E-state index contributed by atoms with van der Waals surface area (Å²) in [6.45, 7) is 1.45. The van der Waals surface area contributed by atoms with Gasteiger partial charge in [0.05, 0.1) is 19.1 Å². The number of methoxy groups -OCH3 is 1. The molecule has 0 bridgehead atoms. The zero-order valence-corrected chi connectivity index (χ0v) is 24.4. The van der Waals surface area contributed by atoms with Crippen LogP contribution in [0.1, 0.15) is 28.5 Å². The van der Waals surface area contributed by atoms with E-state index in [2.05, 4.69) is 15.0 Å². The molecule has 0 radical (unpaired) electrons. The Hall–Kier alpha value is -2.37. The first-order valence-corrected chi connectivity index (χ1v) is 16.3. The maximum atomic E-state index is 15.1. The molecule has 1 unspecified atom stereocenters. The van der Waals surface area contributed by atoms with E-state index in [1.165, 1.54) is 39.3 Å². The lowest BCUT2D eigenvalue weighted by molar-refractivity contribution is 0.102. The van der Waals surface area contributed by atoms with Gasteiger partial charge in [0.25, 0.3) is 27.1 Å². The largest absolute Gasteiger partial charge is 0.590 e. The zero-order chi connectivity index (χ0) is 28.1. The predicted molar refractivity (Wildman–Crippen MR) is 149 cm³/mol. The van der Waals surface area contributed by atoms with E-state index in [-0.39, 0.29) is 23.5 Å². The second-order valence-corrected chi connectivity index (χ2v) is 13.7. The Morgan fingerprint density at radius 2 is 1.87 bits per heavy atom. The van der Waals surface area contributed by atoms with Crippen LogP contribution >= 0.6 is 21.2 Å². The van der Waals surface area contributed by atoms with Gasteiger partial charge in [-0.15, -0.1) is 4.72 Å². The van der Waals surface area contributed by atoms with Crippen molar-refractivity contribution in [2.45, 2.75) is 19.0 Å². The van der Waals surface area contributed by atoms with Crippen molar-refractivity contribution in [1.29, 1.82) is 0 Å². The number of carbonyl (C=O) groups is 1. The third kappa shape index (κ3) is 7.83. The topological polar surface area (TPSA) is 124 Å². The minimum Gasteiger partial charge on any atom is -0.590 e. The molecule has 0 fully saturated rings. The number of sulfonamides is 1. The second-order valence-electron chi connectivity index (χ2n) is 8.53. The van der Waals surface area contributed by atoms with Crippen LogP contribution in [-0.2, 0) is 30.6 Å². The molecule has 0 saturated carbocycles. The molecular formula is C24H25F2IN4O5S2. The minimum atomic E-state index is -4.02. The van der Waals surface area contributed by atoms with E-state index >= 15 is 4.39 Å². The van der Waals surface area contributed by atoms with Gasteiger partial charge in [-0.1, -0.05) is 12.1 Å². The number of hydrogen-bond donors (Lipinski definition) is 2. The summed E-state index contributed by atoms with van der Waals surface area (Å²) in [7, 11) is -2.87. The van der Waals surface area contributed by atoms with E-state index in [1.807, 2.05) is 0 Å². The Labute approximate surface area is 234 Å². The number of nitrogens with one attached hydrogen (secondary N) is 2. The van der Waals surface area contributed by atoms with Crippen molar-refractivity contribution in [3.63, 3.8) is 0 Å². The van der Waals surface area contributed by atoms with Crippen molar-refractivity contribution < 1.29 is 31.3 Å². The number of carbonyl (C=O) groups excluding carboxylic acids is 1. The molecule has 38 heavy (non-hydrogen) atoms. The second kappa shape index (κ2) is 12.7. The van der Waals surface area contributed by atoms with E-state index in [0.29, 0.717) is 11.3 Å². The van der Waals surface area contributed by atoms with Crippen molar-refractivity contribution in [2.75, 3.05) is 25.2 Å². The van der Waals surface area contributed by atoms with Gasteiger partial charge in [-0.25, -0.2) is 26.5 Å². The van der Waals surface area contributed by atoms with E-state index in [1.54, 1.807) is 45.5 Å². The third-order valence-electron chi connectivity index (χ3n) is 5.59. The molecule has 0 aliphatic rings. The van der Waals surface area contributed by atoms with Crippen LogP contribution in [0.4, 0.5) is 14.5 Å². The van der Waals surface area contributed by atoms with Crippen molar-refractivity contribution >= 4 is 51.4 Å².